The summed E-state index contributed by atoms with van der Waals surface area (Å²) in [6, 6.07) is 6.45. The Kier molecular flexibility index (Phi) is 10.5. The van der Waals surface area contributed by atoms with E-state index in [1.165, 1.54) is 22.0 Å². The zero-order valence-corrected chi connectivity index (χ0v) is 25.5. The van der Waals surface area contributed by atoms with E-state index >= 15 is 0 Å². The Morgan fingerprint density at radius 2 is 1.92 bits per heavy atom. The van der Waals surface area contributed by atoms with Gasteiger partial charge < -0.3 is 24.1 Å². The number of rotatable bonds is 12. The Bertz CT molecular complexity index is 1110. The van der Waals surface area contributed by atoms with Crippen molar-refractivity contribution in [3.63, 3.8) is 0 Å². The average molecular weight is 543 g/mol. The van der Waals surface area contributed by atoms with Crippen molar-refractivity contribution in [1.29, 1.82) is 0 Å². The smallest absolute Gasteiger partial charge is 0.408 e. The molecule has 0 radical (unpaired) electrons. The van der Waals surface area contributed by atoms with Gasteiger partial charge in [0.1, 0.15) is 11.7 Å². The van der Waals surface area contributed by atoms with Crippen molar-refractivity contribution in [1.82, 2.24) is 9.88 Å². The Hall–Kier alpha value is -2.54. The van der Waals surface area contributed by atoms with Gasteiger partial charge in [0.25, 0.3) is 0 Å². The zero-order chi connectivity index (χ0) is 28.9. The lowest BCUT2D eigenvalue weighted by atomic mass is 9.81. The number of carbonyl (C=O) groups excluding carboxylic acids is 2. The van der Waals surface area contributed by atoms with Crippen LogP contribution in [0.4, 0.5) is 4.79 Å². The number of methoxy groups -OCH3 is 1. The SMILES string of the molecule is COCCCn1cc(C)c2ccc(C[C@@H](C[C@H](NC(=O)OC(C)(C)C)[C@@H]3C[C@@H](C(C)C)C(=O)O3)C(C)C)cc21. The average Bonchev–Trinajstić information content (AvgIpc) is 3.36. The van der Waals surface area contributed by atoms with Crippen LogP contribution >= 0.6 is 0 Å². The largest absolute Gasteiger partial charge is 0.460 e. The molecule has 4 atom stereocenters. The van der Waals surface area contributed by atoms with E-state index < -0.39 is 11.7 Å². The van der Waals surface area contributed by atoms with Crippen molar-refractivity contribution in [2.24, 2.45) is 23.7 Å². The highest BCUT2D eigenvalue weighted by Crippen LogP contribution is 2.33. The Balaban J connectivity index is 1.83. The molecule has 0 unspecified atom stereocenters. The number of hydrogen-bond donors (Lipinski definition) is 1. The summed E-state index contributed by atoms with van der Waals surface area (Å²) < 4.78 is 19.0. The summed E-state index contributed by atoms with van der Waals surface area (Å²) in [5.41, 5.74) is 3.19. The number of hydrogen-bond acceptors (Lipinski definition) is 5. The highest BCUT2D eigenvalue weighted by Gasteiger charge is 2.42. The first kappa shape index (κ1) is 31.0. The molecule has 3 rings (SSSR count). The minimum Gasteiger partial charge on any atom is -0.460 e. The number of fused-ring (bicyclic) bond motifs is 1. The number of aryl methyl sites for hydroxylation is 2. The number of esters is 1. The van der Waals surface area contributed by atoms with Crippen molar-refractivity contribution in [3.8, 4) is 0 Å². The lowest BCUT2D eigenvalue weighted by Crippen LogP contribution is -2.47. The van der Waals surface area contributed by atoms with Gasteiger partial charge in [0, 0.05) is 37.4 Å². The molecule has 7 heteroatoms. The highest BCUT2D eigenvalue weighted by atomic mass is 16.6. The maximum atomic E-state index is 12.8. The third-order valence-corrected chi connectivity index (χ3v) is 7.90. The molecule has 1 amide bonds. The van der Waals surface area contributed by atoms with E-state index in [1.54, 1.807) is 7.11 Å². The number of nitrogens with zero attached hydrogens (tertiary/aromatic N) is 1. The molecule has 1 aromatic carbocycles. The van der Waals surface area contributed by atoms with Crippen LogP contribution in [0.2, 0.25) is 0 Å². The van der Waals surface area contributed by atoms with Gasteiger partial charge in [0.15, 0.2) is 0 Å². The van der Waals surface area contributed by atoms with Gasteiger partial charge >= 0.3 is 12.1 Å². The summed E-state index contributed by atoms with van der Waals surface area (Å²) in [5.74, 6) is 0.532. The number of cyclic esters (lactones) is 1. The van der Waals surface area contributed by atoms with Crippen LogP contribution in [0.15, 0.2) is 24.4 Å². The number of aromatic nitrogens is 1. The van der Waals surface area contributed by atoms with Crippen LogP contribution in [0.1, 0.15) is 78.9 Å². The summed E-state index contributed by atoms with van der Waals surface area (Å²) in [6.07, 6.45) is 4.55. The lowest BCUT2D eigenvalue weighted by Gasteiger charge is -2.31. The Morgan fingerprint density at radius 1 is 1.21 bits per heavy atom. The first-order valence-corrected chi connectivity index (χ1v) is 14.6. The first-order chi connectivity index (χ1) is 18.3. The molecule has 1 aliphatic heterocycles. The molecule has 218 valence electrons. The van der Waals surface area contributed by atoms with Gasteiger partial charge in [-0.25, -0.2) is 4.79 Å². The molecule has 1 saturated heterocycles. The molecule has 2 aromatic rings. The molecule has 0 saturated carbocycles. The Morgan fingerprint density at radius 3 is 2.51 bits per heavy atom. The van der Waals surface area contributed by atoms with Crippen LogP contribution in [0.25, 0.3) is 10.9 Å². The fourth-order valence-corrected chi connectivity index (χ4v) is 5.62. The molecule has 0 bridgehead atoms. The number of benzene rings is 1. The predicted octanol–water partition coefficient (Wildman–Crippen LogP) is 6.67. The number of amides is 1. The Labute approximate surface area is 234 Å². The molecule has 0 aliphatic carbocycles. The van der Waals surface area contributed by atoms with E-state index in [0.29, 0.717) is 18.8 Å². The van der Waals surface area contributed by atoms with E-state index in [2.05, 4.69) is 55.1 Å². The monoisotopic (exact) mass is 542 g/mol. The fourth-order valence-electron chi connectivity index (χ4n) is 5.62. The van der Waals surface area contributed by atoms with Gasteiger partial charge in [-0.05, 0) is 88.3 Å². The third kappa shape index (κ3) is 8.47. The first-order valence-electron chi connectivity index (χ1n) is 14.6. The van der Waals surface area contributed by atoms with Gasteiger partial charge in [-0.15, -0.1) is 0 Å². The molecule has 0 spiro atoms. The maximum Gasteiger partial charge on any atom is 0.408 e. The second kappa shape index (κ2) is 13.2. The van der Waals surface area contributed by atoms with Crippen molar-refractivity contribution in [2.75, 3.05) is 13.7 Å². The van der Waals surface area contributed by atoms with Gasteiger partial charge in [0.05, 0.1) is 12.0 Å². The van der Waals surface area contributed by atoms with Crippen LogP contribution in [-0.4, -0.2) is 48.1 Å². The molecular weight excluding hydrogens is 492 g/mol. The van der Waals surface area contributed by atoms with Crippen molar-refractivity contribution >= 4 is 23.0 Å². The molecule has 1 N–H and O–H groups in total. The van der Waals surface area contributed by atoms with Gasteiger partial charge in [-0.1, -0.05) is 39.8 Å². The van der Waals surface area contributed by atoms with E-state index in [9.17, 15) is 9.59 Å². The van der Waals surface area contributed by atoms with Gasteiger partial charge in [-0.3, -0.25) is 4.79 Å². The number of nitrogens with one attached hydrogen (secondary N) is 1. The van der Waals surface area contributed by atoms with Gasteiger partial charge in [-0.2, -0.15) is 0 Å². The summed E-state index contributed by atoms with van der Waals surface area (Å²) in [4.78, 5) is 25.5. The maximum absolute atomic E-state index is 12.8. The molecule has 2 heterocycles. The second-order valence-electron chi connectivity index (χ2n) is 13.0. The number of ether oxygens (including phenoxy) is 3. The zero-order valence-electron chi connectivity index (χ0n) is 25.5. The van der Waals surface area contributed by atoms with Crippen LogP contribution in [0.5, 0.6) is 0 Å². The van der Waals surface area contributed by atoms with E-state index in [0.717, 1.165) is 26.0 Å². The standard InChI is InChI=1S/C32H50N2O5/c1-20(2)24(15-23-11-12-25-22(5)19-34(28(25)16-23)13-10-14-37-9)17-27(33-31(36)39-32(6,7)8)29-18-26(21(3)4)30(35)38-29/h11-12,16,19-21,24,26-27,29H,10,13-15,17-18H2,1-9H3,(H,33,36)/t24-,26-,27-,29-/m0/s1. The third-order valence-electron chi connectivity index (χ3n) is 7.90. The molecule has 1 aliphatic rings. The van der Waals surface area contributed by atoms with E-state index in [1.807, 2.05) is 34.6 Å². The normalized spacial score (nSPS) is 19.5. The van der Waals surface area contributed by atoms with Crippen molar-refractivity contribution in [2.45, 2.75) is 105 Å². The van der Waals surface area contributed by atoms with Crippen molar-refractivity contribution < 1.29 is 23.8 Å². The summed E-state index contributed by atoms with van der Waals surface area (Å²) in [7, 11) is 1.74. The quantitative estimate of drug-likeness (QED) is 0.239. The molecule has 1 fully saturated rings. The molecule has 39 heavy (non-hydrogen) atoms. The van der Waals surface area contributed by atoms with E-state index in [-0.39, 0.29) is 35.9 Å². The number of carbonyl (C=O) groups is 2. The summed E-state index contributed by atoms with van der Waals surface area (Å²) in [6.45, 7) is 17.9. The fraction of sp³-hybridized carbons (Fsp3) is 0.688. The molecule has 7 nitrogen and oxygen atoms in total. The molecule has 1 aromatic heterocycles. The van der Waals surface area contributed by atoms with Crippen LogP contribution in [0.3, 0.4) is 0 Å². The summed E-state index contributed by atoms with van der Waals surface area (Å²) >= 11 is 0. The molecular formula is C32H50N2O5. The van der Waals surface area contributed by atoms with E-state index in [4.69, 9.17) is 14.2 Å². The second-order valence-corrected chi connectivity index (χ2v) is 13.0. The minimum atomic E-state index is -0.607. The van der Waals surface area contributed by atoms with Crippen LogP contribution < -0.4 is 5.32 Å². The van der Waals surface area contributed by atoms with Crippen LogP contribution in [0, 0.1) is 30.6 Å². The van der Waals surface area contributed by atoms with Gasteiger partial charge in [0.2, 0.25) is 0 Å². The van der Waals surface area contributed by atoms with Crippen molar-refractivity contribution in [3.05, 3.63) is 35.5 Å². The summed E-state index contributed by atoms with van der Waals surface area (Å²) in [5, 5.41) is 4.36. The highest BCUT2D eigenvalue weighted by molar-refractivity contribution is 5.84. The van der Waals surface area contributed by atoms with Crippen LogP contribution in [-0.2, 0) is 32.0 Å². The lowest BCUT2D eigenvalue weighted by molar-refractivity contribution is -0.146. The predicted molar refractivity (Wildman–Crippen MR) is 156 cm³/mol. The minimum absolute atomic E-state index is 0.146. The number of alkyl carbamates (subject to hydrolysis) is 1. The topological polar surface area (TPSA) is 78.8 Å².